The summed E-state index contributed by atoms with van der Waals surface area (Å²) in [6, 6.07) is 11.5. The van der Waals surface area contributed by atoms with Gasteiger partial charge < -0.3 is 24.9 Å². The van der Waals surface area contributed by atoms with Crippen LogP contribution in [0.4, 0.5) is 15.8 Å². The van der Waals surface area contributed by atoms with Crippen molar-refractivity contribution in [3.05, 3.63) is 87.4 Å². The van der Waals surface area contributed by atoms with Crippen LogP contribution >= 0.6 is 23.2 Å². The molecule has 72 heavy (non-hydrogen) atoms. The number of anilines is 2. The summed E-state index contributed by atoms with van der Waals surface area (Å²) in [5.74, 6) is -0.568. The maximum atomic E-state index is 16.4. The Labute approximate surface area is 432 Å². The number of rotatable bonds is 9. The monoisotopic (exact) mass is 1020 g/mol. The zero-order valence-corrected chi connectivity index (χ0v) is 42.8. The molecule has 7 fully saturated rings. The van der Waals surface area contributed by atoms with E-state index in [-0.39, 0.29) is 52.0 Å². The van der Waals surface area contributed by atoms with Crippen LogP contribution < -0.4 is 20.9 Å². The first-order valence-corrected chi connectivity index (χ1v) is 27.8. The molecule has 8 heterocycles. The van der Waals surface area contributed by atoms with E-state index >= 15 is 9.18 Å². The number of likely N-dealkylation sites (tertiary alicyclic amines) is 3. The van der Waals surface area contributed by atoms with Crippen molar-refractivity contribution in [3.8, 4) is 0 Å². The summed E-state index contributed by atoms with van der Waals surface area (Å²) < 4.78 is 16.4. The van der Waals surface area contributed by atoms with Crippen LogP contribution in [0.2, 0.25) is 10.0 Å². The quantitative estimate of drug-likeness (QED) is 0.181. The number of hydrogen-bond acceptors (Lipinski definition) is 9. The molecule has 3 N–H and O–H groups in total. The second-order valence-electron chi connectivity index (χ2n) is 22.6. The topological polar surface area (TPSA) is 147 Å². The highest BCUT2D eigenvalue weighted by atomic mass is 35.5. The predicted octanol–water partition coefficient (Wildman–Crippen LogP) is 8.19. The molecule has 0 radical (unpaired) electrons. The van der Waals surface area contributed by atoms with Gasteiger partial charge in [-0.05, 0) is 149 Å². The molecule has 13 nitrogen and oxygen atoms in total. The first kappa shape index (κ1) is 49.6. The van der Waals surface area contributed by atoms with Gasteiger partial charge in [-0.2, -0.15) is 0 Å². The molecule has 2 aromatic carbocycles. The lowest BCUT2D eigenvalue weighted by Gasteiger charge is -2.47. The van der Waals surface area contributed by atoms with Crippen molar-refractivity contribution in [2.45, 2.75) is 132 Å². The molecule has 8 aliphatic rings. The second-order valence-corrected chi connectivity index (χ2v) is 23.4. The molecule has 11 rings (SSSR count). The molecule has 1 saturated carbocycles. The van der Waals surface area contributed by atoms with Crippen molar-refractivity contribution >= 4 is 64.1 Å². The van der Waals surface area contributed by atoms with Crippen LogP contribution in [0.1, 0.15) is 131 Å². The summed E-state index contributed by atoms with van der Waals surface area (Å²) in [7, 11) is 0. The number of nitrogens with one attached hydrogen (secondary N) is 3. The van der Waals surface area contributed by atoms with Gasteiger partial charge in [-0.25, -0.2) is 4.39 Å². The Balaban J connectivity index is 0.651. The highest BCUT2D eigenvalue weighted by Gasteiger charge is 2.72. The van der Waals surface area contributed by atoms with E-state index in [4.69, 9.17) is 23.2 Å². The second kappa shape index (κ2) is 20.6. The molecule has 384 valence electrons. The number of fused-ring (bicyclic) bond motifs is 3. The Morgan fingerprint density at radius 1 is 0.736 bits per heavy atom. The van der Waals surface area contributed by atoms with Crippen LogP contribution in [0.3, 0.4) is 0 Å². The fraction of sp³-hybridized carbons (Fsp3) is 0.607. The van der Waals surface area contributed by atoms with Gasteiger partial charge in [-0.1, -0.05) is 60.7 Å². The molecular weight excluding hydrogens is 955 g/mol. The van der Waals surface area contributed by atoms with Gasteiger partial charge in [0.25, 0.3) is 0 Å². The number of pyridine rings is 1. The van der Waals surface area contributed by atoms with Crippen molar-refractivity contribution in [2.75, 3.05) is 69.1 Å². The van der Waals surface area contributed by atoms with Crippen LogP contribution in [0.5, 0.6) is 0 Å². The number of aromatic nitrogens is 1. The average molecular weight is 1020 g/mol. The number of carbonyl (C=O) groups is 5. The molecule has 1 aromatic heterocycles. The van der Waals surface area contributed by atoms with Gasteiger partial charge in [0.15, 0.2) is 0 Å². The van der Waals surface area contributed by atoms with Crippen molar-refractivity contribution in [1.82, 2.24) is 30.3 Å². The third-order valence-corrected chi connectivity index (χ3v) is 19.2. The predicted molar refractivity (Wildman–Crippen MR) is 275 cm³/mol. The lowest BCUT2D eigenvalue weighted by molar-refractivity contribution is -0.142. The Bertz CT molecular complexity index is 2560. The summed E-state index contributed by atoms with van der Waals surface area (Å²) in [6.07, 6.45) is 17.8. The fourth-order valence-electron chi connectivity index (χ4n) is 14.8. The van der Waals surface area contributed by atoms with Crippen LogP contribution in [-0.2, 0) is 29.4 Å². The van der Waals surface area contributed by atoms with Gasteiger partial charge in [0, 0.05) is 86.5 Å². The summed E-state index contributed by atoms with van der Waals surface area (Å²) in [5.41, 5.74) is 1.44. The first-order chi connectivity index (χ1) is 34.9. The van der Waals surface area contributed by atoms with Gasteiger partial charge in [0.2, 0.25) is 29.5 Å². The number of halogens is 3. The Morgan fingerprint density at radius 3 is 2.14 bits per heavy atom. The maximum Gasteiger partial charge on any atom is 0.240 e. The van der Waals surface area contributed by atoms with Crippen molar-refractivity contribution in [1.29, 1.82) is 0 Å². The molecule has 7 aliphatic heterocycles. The zero-order valence-electron chi connectivity index (χ0n) is 41.3. The van der Waals surface area contributed by atoms with E-state index in [1.165, 1.54) is 25.3 Å². The molecule has 2 spiro atoms. The molecule has 2 unspecified atom stereocenters. The minimum atomic E-state index is -1.28. The van der Waals surface area contributed by atoms with Gasteiger partial charge in [-0.3, -0.25) is 39.6 Å². The Hall–Kier alpha value is -4.63. The van der Waals surface area contributed by atoms with E-state index in [9.17, 15) is 19.2 Å². The third-order valence-electron chi connectivity index (χ3n) is 18.6. The number of imide groups is 1. The van der Waals surface area contributed by atoms with E-state index in [0.29, 0.717) is 74.2 Å². The maximum absolute atomic E-state index is 16.4. The van der Waals surface area contributed by atoms with Gasteiger partial charge >= 0.3 is 0 Å². The number of benzene rings is 2. The minimum Gasteiger partial charge on any atom is -0.370 e. The Kier molecular flexibility index (Phi) is 14.2. The standard InChI is InChI=1S/C56H69Cl2FN8O5/c57-40-7-9-44-46(31-40)61-54(72)56(44)48(43-5-4-6-45(58)49(43)59)50(63-55(56)19-2-1-3-20-55)53(71)67-27-17-38(18-28-67)52(70)66-25-13-36(14-26-66)29-35-11-21-64(22-12-35)34-37-15-23-65(24-16-37)41-30-39(32-60-33-41)42-8-10-47(68)62-51(42)69/h4-7,9,30-33,35-38,42,48,50,63H,1-3,8,10-29,34H2,(H,61,72)(H,62,68,69)/t42?,48?,50-,56-/m0/s1. The Morgan fingerprint density at radius 2 is 1.42 bits per heavy atom. The highest BCUT2D eigenvalue weighted by molar-refractivity contribution is 6.31. The van der Waals surface area contributed by atoms with Gasteiger partial charge in [0.1, 0.15) is 11.2 Å². The van der Waals surface area contributed by atoms with E-state index in [0.717, 1.165) is 113 Å². The normalized spacial score (nSPS) is 27.9. The zero-order chi connectivity index (χ0) is 49.7. The van der Waals surface area contributed by atoms with E-state index in [1.807, 2.05) is 17.2 Å². The van der Waals surface area contributed by atoms with Crippen molar-refractivity contribution in [3.63, 3.8) is 0 Å². The molecule has 5 amide bonds. The molecule has 6 saturated heterocycles. The molecule has 16 heteroatoms. The van der Waals surface area contributed by atoms with Crippen LogP contribution in [0.25, 0.3) is 0 Å². The highest BCUT2D eigenvalue weighted by Crippen LogP contribution is 2.63. The van der Waals surface area contributed by atoms with Gasteiger partial charge in [-0.15, -0.1) is 0 Å². The summed E-state index contributed by atoms with van der Waals surface area (Å²) in [5, 5.41) is 9.80. The lowest BCUT2D eigenvalue weighted by Crippen LogP contribution is -2.60. The van der Waals surface area contributed by atoms with Crippen LogP contribution in [0.15, 0.2) is 54.9 Å². The fourth-order valence-corrected chi connectivity index (χ4v) is 15.2. The largest absolute Gasteiger partial charge is 0.370 e. The third kappa shape index (κ3) is 9.22. The van der Waals surface area contributed by atoms with Crippen molar-refractivity contribution in [2.24, 2.45) is 23.7 Å². The lowest BCUT2D eigenvalue weighted by atomic mass is 9.55. The molecule has 3 aromatic rings. The number of nitrogens with zero attached hydrogens (tertiary/aromatic N) is 5. The molecule has 1 aliphatic carbocycles. The number of hydrogen-bond donors (Lipinski definition) is 3. The molecular formula is C56H69Cl2FN8O5. The van der Waals surface area contributed by atoms with Crippen LogP contribution in [0, 0.1) is 29.5 Å². The SMILES string of the molecule is O=C1CCC(c2cncc(N3CCC(CN4CCC(CC5CCN(C(=O)C6CCN(C(=O)[C@H]7NC8(CCCCC8)[C@]8(C(=O)Nc9cc(Cl)ccc98)C7c7cccc(Cl)c7F)CC6)CC5)CC4)CC3)c2)C(=O)N1. The molecule has 0 bridgehead atoms. The number of piperidine rings is 5. The summed E-state index contributed by atoms with van der Waals surface area (Å²) in [6.45, 7) is 7.82. The molecule has 4 atom stereocenters. The van der Waals surface area contributed by atoms with Crippen molar-refractivity contribution < 1.29 is 28.4 Å². The van der Waals surface area contributed by atoms with E-state index < -0.39 is 28.7 Å². The average Bonchev–Trinajstić information content (AvgIpc) is 3.85. The van der Waals surface area contributed by atoms with E-state index in [2.05, 4.69) is 41.7 Å². The first-order valence-electron chi connectivity index (χ1n) is 27.1. The smallest absolute Gasteiger partial charge is 0.240 e. The minimum absolute atomic E-state index is 0.0496. The van der Waals surface area contributed by atoms with E-state index in [1.54, 1.807) is 30.5 Å². The summed E-state index contributed by atoms with van der Waals surface area (Å²) in [4.78, 5) is 81.5. The number of amides is 5. The van der Waals surface area contributed by atoms with Gasteiger partial charge in [0.05, 0.1) is 28.9 Å². The number of carbonyl (C=O) groups excluding carboxylic acids is 5. The van der Waals surface area contributed by atoms with Crippen LogP contribution in [-0.4, -0.2) is 120 Å². The summed E-state index contributed by atoms with van der Waals surface area (Å²) >= 11 is 12.9.